The first-order valence-corrected chi connectivity index (χ1v) is 14.2. The molecule has 214 valence electrons. The summed E-state index contributed by atoms with van der Waals surface area (Å²) in [6, 6.07) is 25.8. The van der Waals surface area contributed by atoms with Crippen LogP contribution >= 0.6 is 0 Å². The molecule has 2 heterocycles. The maximum atomic E-state index is 14.5. The summed E-state index contributed by atoms with van der Waals surface area (Å²) in [7, 11) is 0. The van der Waals surface area contributed by atoms with Gasteiger partial charge >= 0.3 is 0 Å². The number of hydrogen-bond donors (Lipinski definition) is 1. The van der Waals surface area contributed by atoms with Crippen molar-refractivity contribution in [1.82, 2.24) is 14.7 Å². The topological polar surface area (TPSA) is 76.5 Å². The Bertz CT molecular complexity index is 1640. The van der Waals surface area contributed by atoms with Crippen LogP contribution in [0.25, 0.3) is 10.8 Å². The maximum absolute atomic E-state index is 14.5. The highest BCUT2D eigenvalue weighted by atomic mass is 19.1. The summed E-state index contributed by atoms with van der Waals surface area (Å²) >= 11 is 0. The predicted octanol–water partition coefficient (Wildman–Crippen LogP) is 4.77. The summed E-state index contributed by atoms with van der Waals surface area (Å²) < 4.78 is 14.5. The average molecular weight is 565 g/mol. The second-order valence-electron chi connectivity index (χ2n) is 11.1. The van der Waals surface area contributed by atoms with Crippen molar-refractivity contribution in [3.8, 4) is 5.75 Å². The van der Waals surface area contributed by atoms with E-state index in [1.807, 2.05) is 60.7 Å². The van der Waals surface area contributed by atoms with Crippen molar-refractivity contribution in [3.05, 3.63) is 114 Å². The molecule has 1 saturated heterocycles. The summed E-state index contributed by atoms with van der Waals surface area (Å²) in [5.74, 6) is -0.382. The zero-order valence-corrected chi connectivity index (χ0v) is 23.4. The molecule has 1 N–H and O–H groups in total. The maximum Gasteiger partial charge on any atom is 0.246 e. The minimum absolute atomic E-state index is 0.115. The first-order chi connectivity index (χ1) is 20.4. The minimum atomic E-state index is -0.726. The third-order valence-electron chi connectivity index (χ3n) is 8.27. The van der Waals surface area contributed by atoms with Crippen molar-refractivity contribution < 1.29 is 19.1 Å². The number of amides is 2. The van der Waals surface area contributed by atoms with Crippen LogP contribution in [0, 0.1) is 5.82 Å². The number of aliphatic imine (C=N–C) groups is 1. The number of benzene rings is 4. The van der Waals surface area contributed by atoms with Crippen molar-refractivity contribution in [2.45, 2.75) is 44.6 Å². The van der Waals surface area contributed by atoms with Crippen molar-refractivity contribution in [3.63, 3.8) is 0 Å². The highest BCUT2D eigenvalue weighted by Gasteiger charge is 2.45. The van der Waals surface area contributed by atoms with Gasteiger partial charge in [0.1, 0.15) is 23.7 Å². The predicted molar refractivity (Wildman–Crippen MR) is 160 cm³/mol. The fourth-order valence-corrected chi connectivity index (χ4v) is 5.98. The van der Waals surface area contributed by atoms with Gasteiger partial charge in [0.2, 0.25) is 11.8 Å². The third-order valence-corrected chi connectivity index (χ3v) is 8.27. The summed E-state index contributed by atoms with van der Waals surface area (Å²) in [5, 5.41) is 11.5. The Hall–Kier alpha value is -4.72. The number of carbonyl (C=O) groups excluding carboxylic acids is 2. The molecule has 0 bridgehead atoms. The molecule has 0 saturated carbocycles. The van der Waals surface area contributed by atoms with E-state index in [1.54, 1.807) is 47.3 Å². The number of hydrogen-bond acceptors (Lipinski definition) is 5. The number of phenolic OH excluding ortho intramolecular Hbond substituents is 1. The van der Waals surface area contributed by atoms with Crippen LogP contribution < -0.4 is 0 Å². The largest absolute Gasteiger partial charge is 0.508 e. The lowest BCUT2D eigenvalue weighted by Gasteiger charge is -2.45. The Morgan fingerprint density at radius 2 is 1.62 bits per heavy atom. The van der Waals surface area contributed by atoms with Crippen molar-refractivity contribution in [2.24, 2.45) is 4.99 Å². The van der Waals surface area contributed by atoms with E-state index in [0.29, 0.717) is 31.6 Å². The summed E-state index contributed by atoms with van der Waals surface area (Å²) in [5.41, 5.74) is 2.67. The van der Waals surface area contributed by atoms with Crippen LogP contribution in [0.1, 0.15) is 23.6 Å². The van der Waals surface area contributed by atoms with Crippen LogP contribution in [0.5, 0.6) is 5.75 Å². The molecule has 42 heavy (non-hydrogen) atoms. The lowest BCUT2D eigenvalue weighted by Crippen LogP contribution is -2.65. The van der Waals surface area contributed by atoms with Gasteiger partial charge in [-0.1, -0.05) is 66.7 Å². The quantitative estimate of drug-likeness (QED) is 0.335. The number of aromatic hydroxyl groups is 1. The molecule has 0 aromatic heterocycles. The lowest BCUT2D eigenvalue weighted by atomic mass is 9.96. The van der Waals surface area contributed by atoms with E-state index in [4.69, 9.17) is 0 Å². The van der Waals surface area contributed by atoms with Crippen LogP contribution in [0.15, 0.2) is 96.0 Å². The van der Waals surface area contributed by atoms with Crippen LogP contribution in [0.2, 0.25) is 0 Å². The highest BCUT2D eigenvalue weighted by molar-refractivity contribution is 5.97. The van der Waals surface area contributed by atoms with Crippen LogP contribution in [0.3, 0.4) is 0 Å². The van der Waals surface area contributed by atoms with Crippen LogP contribution in [0.4, 0.5) is 4.39 Å². The number of fused-ring (bicyclic) bond motifs is 1. The molecule has 2 amide bonds. The summed E-state index contributed by atoms with van der Waals surface area (Å²) in [6.07, 6.45) is 2.07. The Balaban J connectivity index is 1.26. The van der Waals surface area contributed by atoms with Gasteiger partial charge in [-0.05, 0) is 53.3 Å². The molecule has 0 aliphatic carbocycles. The van der Waals surface area contributed by atoms with Gasteiger partial charge in [0.25, 0.3) is 0 Å². The van der Waals surface area contributed by atoms with Gasteiger partial charge in [-0.2, -0.15) is 0 Å². The lowest BCUT2D eigenvalue weighted by molar-refractivity contribution is -0.162. The standard InChI is InChI=1S/C34H33FN4O3/c1-23-33(41)39(21-28-18-36-22-37(28)19-26-13-14-27-10-6-12-31(35)30(27)16-26)32(17-25-9-5-11-29(40)15-25)34(42)38(23)20-24-7-3-2-4-8-24/h2-16,22-23,28,32,40H,17-21H2,1H3. The molecule has 4 aromatic carbocycles. The normalized spacial score (nSPS) is 20.6. The molecule has 7 nitrogen and oxygen atoms in total. The number of rotatable bonds is 8. The molecule has 0 spiro atoms. The second kappa shape index (κ2) is 11.6. The number of piperazine rings is 1. The zero-order valence-electron chi connectivity index (χ0n) is 23.4. The van der Waals surface area contributed by atoms with Crippen LogP contribution in [-0.4, -0.2) is 69.2 Å². The summed E-state index contributed by atoms with van der Waals surface area (Å²) in [4.78, 5) is 38.0. The molecule has 1 fully saturated rings. The van der Waals surface area contributed by atoms with E-state index in [-0.39, 0.29) is 35.8 Å². The van der Waals surface area contributed by atoms with Gasteiger partial charge in [-0.3, -0.25) is 14.6 Å². The smallest absolute Gasteiger partial charge is 0.246 e. The highest BCUT2D eigenvalue weighted by Crippen LogP contribution is 2.27. The molecule has 6 rings (SSSR count). The first-order valence-electron chi connectivity index (χ1n) is 14.2. The van der Waals surface area contributed by atoms with Gasteiger partial charge in [-0.15, -0.1) is 0 Å². The molecule has 8 heteroatoms. The molecule has 3 atom stereocenters. The number of carbonyl (C=O) groups is 2. The van der Waals surface area contributed by atoms with Crippen molar-refractivity contribution in [2.75, 3.05) is 13.1 Å². The van der Waals surface area contributed by atoms with Gasteiger partial charge in [0.05, 0.1) is 18.9 Å². The number of halogens is 1. The molecular formula is C34H33FN4O3. The molecule has 3 unspecified atom stereocenters. The Labute approximate surface area is 244 Å². The number of nitrogens with zero attached hydrogens (tertiary/aromatic N) is 4. The first kappa shape index (κ1) is 27.4. The molecule has 2 aliphatic heterocycles. The zero-order chi connectivity index (χ0) is 29.2. The van der Waals surface area contributed by atoms with Gasteiger partial charge in [0, 0.05) is 31.4 Å². The average Bonchev–Trinajstić information content (AvgIpc) is 3.43. The van der Waals surface area contributed by atoms with E-state index >= 15 is 0 Å². The fraction of sp³-hybridized carbons (Fsp3) is 0.265. The Morgan fingerprint density at radius 1 is 0.833 bits per heavy atom. The second-order valence-corrected chi connectivity index (χ2v) is 11.1. The van der Waals surface area contributed by atoms with E-state index in [0.717, 1.165) is 22.1 Å². The molecule has 2 aliphatic rings. The molecule has 0 radical (unpaired) electrons. The van der Waals surface area contributed by atoms with E-state index in [9.17, 15) is 19.1 Å². The van der Waals surface area contributed by atoms with Gasteiger partial charge in [-0.25, -0.2) is 4.39 Å². The fourth-order valence-electron chi connectivity index (χ4n) is 5.98. The number of phenols is 1. The van der Waals surface area contributed by atoms with Crippen LogP contribution in [-0.2, 0) is 29.1 Å². The monoisotopic (exact) mass is 564 g/mol. The SMILES string of the molecule is CC1C(=O)N(CC2CN=CN2Cc2ccc3cccc(F)c3c2)C(Cc2cccc(O)c2)C(=O)N1Cc1ccccc1. The van der Waals surface area contributed by atoms with Gasteiger partial charge < -0.3 is 19.8 Å². The minimum Gasteiger partial charge on any atom is -0.508 e. The third kappa shape index (κ3) is 5.57. The van der Waals surface area contributed by atoms with Crippen molar-refractivity contribution >= 4 is 28.9 Å². The molecular weight excluding hydrogens is 531 g/mol. The van der Waals surface area contributed by atoms with E-state index in [2.05, 4.69) is 9.89 Å². The Morgan fingerprint density at radius 3 is 2.43 bits per heavy atom. The Kier molecular flexibility index (Phi) is 7.61. The van der Waals surface area contributed by atoms with E-state index in [1.165, 1.54) is 6.07 Å². The summed E-state index contributed by atoms with van der Waals surface area (Å²) in [6.45, 7) is 3.43. The van der Waals surface area contributed by atoms with Crippen molar-refractivity contribution in [1.29, 1.82) is 0 Å². The van der Waals surface area contributed by atoms with E-state index < -0.39 is 12.1 Å². The molecule has 4 aromatic rings. The van der Waals surface area contributed by atoms with Gasteiger partial charge in [0.15, 0.2) is 0 Å².